The van der Waals surface area contributed by atoms with E-state index in [1.807, 2.05) is 13.8 Å². The molecule has 0 aliphatic carbocycles. The number of likely N-dealkylation sites (tertiary alicyclic amines) is 1. The lowest BCUT2D eigenvalue weighted by Crippen LogP contribution is -2.42. The summed E-state index contributed by atoms with van der Waals surface area (Å²) in [6.07, 6.45) is 5.31. The predicted octanol–water partition coefficient (Wildman–Crippen LogP) is 2.73. The lowest BCUT2D eigenvalue weighted by atomic mass is 10.2. The fourth-order valence-corrected chi connectivity index (χ4v) is 4.11. The van der Waals surface area contributed by atoms with E-state index in [0.29, 0.717) is 17.2 Å². The van der Waals surface area contributed by atoms with Gasteiger partial charge in [0.25, 0.3) is 0 Å². The Morgan fingerprint density at radius 3 is 2.67 bits per heavy atom. The number of guanidine groups is 1. The number of hydrogen-bond donors (Lipinski definition) is 2. The average Bonchev–Trinajstić information content (AvgIpc) is 2.87. The number of thiazole rings is 1. The second-order valence-electron chi connectivity index (χ2n) is 6.81. The van der Waals surface area contributed by atoms with Gasteiger partial charge in [-0.3, -0.25) is 4.99 Å². The molecule has 1 fully saturated rings. The van der Waals surface area contributed by atoms with Crippen LogP contribution in [0.2, 0.25) is 0 Å². The van der Waals surface area contributed by atoms with Gasteiger partial charge in [0, 0.05) is 20.1 Å². The van der Waals surface area contributed by atoms with Crippen molar-refractivity contribution in [3.63, 3.8) is 0 Å². The lowest BCUT2D eigenvalue weighted by molar-refractivity contribution is 0.0531. The molecule has 0 saturated carbocycles. The largest absolute Gasteiger partial charge is 0.462 e. The van der Waals surface area contributed by atoms with Crippen molar-refractivity contribution in [1.29, 1.82) is 0 Å². The van der Waals surface area contributed by atoms with Crippen molar-refractivity contribution in [2.45, 2.75) is 52.5 Å². The molecular formula is C19H33N5O2S. The summed E-state index contributed by atoms with van der Waals surface area (Å²) in [4.78, 5) is 23.9. The Labute approximate surface area is 166 Å². The van der Waals surface area contributed by atoms with Crippen LogP contribution < -0.4 is 10.6 Å². The number of carbonyl (C=O) groups excluding carboxylic acids is 1. The maximum absolute atomic E-state index is 12.0. The normalized spacial score (nSPS) is 17.3. The van der Waals surface area contributed by atoms with E-state index in [1.54, 1.807) is 14.0 Å². The average molecular weight is 396 g/mol. The second-order valence-corrected chi connectivity index (χ2v) is 7.84. The van der Waals surface area contributed by atoms with Gasteiger partial charge in [-0.1, -0.05) is 12.8 Å². The molecule has 1 aromatic rings. The smallest absolute Gasteiger partial charge is 0.350 e. The van der Waals surface area contributed by atoms with Crippen molar-refractivity contribution in [1.82, 2.24) is 20.5 Å². The summed E-state index contributed by atoms with van der Waals surface area (Å²) in [5, 5.41) is 7.60. The third-order valence-electron chi connectivity index (χ3n) is 4.64. The highest BCUT2D eigenvalue weighted by Crippen LogP contribution is 2.24. The van der Waals surface area contributed by atoms with Crippen molar-refractivity contribution >= 4 is 23.3 Å². The highest BCUT2D eigenvalue weighted by atomic mass is 32.1. The molecule has 1 unspecified atom stereocenters. The quantitative estimate of drug-likeness (QED) is 0.420. The number of aliphatic imine (C=N–C) groups is 1. The summed E-state index contributed by atoms with van der Waals surface area (Å²) in [5.41, 5.74) is 0.714. The number of aryl methyl sites for hydroxylation is 1. The van der Waals surface area contributed by atoms with Crippen LogP contribution in [0.25, 0.3) is 0 Å². The molecule has 152 valence electrons. The Kier molecular flexibility index (Phi) is 9.00. The number of rotatable bonds is 7. The van der Waals surface area contributed by atoms with Crippen LogP contribution in [0.1, 0.15) is 65.9 Å². The zero-order valence-corrected chi connectivity index (χ0v) is 17.8. The van der Waals surface area contributed by atoms with E-state index >= 15 is 0 Å². The molecule has 0 aromatic carbocycles. The number of ether oxygens (including phenoxy) is 1. The van der Waals surface area contributed by atoms with Crippen molar-refractivity contribution in [2.24, 2.45) is 4.99 Å². The summed E-state index contributed by atoms with van der Waals surface area (Å²) in [6, 6.07) is -0.0405. The number of nitrogens with one attached hydrogen (secondary N) is 2. The molecule has 1 aliphatic rings. The van der Waals surface area contributed by atoms with Gasteiger partial charge in [0.05, 0.1) is 18.3 Å². The Hall–Kier alpha value is -1.67. The van der Waals surface area contributed by atoms with Gasteiger partial charge >= 0.3 is 5.97 Å². The molecule has 0 bridgehead atoms. The van der Waals surface area contributed by atoms with Crippen molar-refractivity contribution in [3.8, 4) is 0 Å². The zero-order chi connectivity index (χ0) is 19.6. The Balaban J connectivity index is 1.84. The molecule has 0 amide bonds. The zero-order valence-electron chi connectivity index (χ0n) is 17.0. The molecule has 1 aliphatic heterocycles. The predicted molar refractivity (Wildman–Crippen MR) is 111 cm³/mol. The van der Waals surface area contributed by atoms with Crippen molar-refractivity contribution in [2.75, 3.05) is 39.8 Å². The minimum Gasteiger partial charge on any atom is -0.462 e. The Morgan fingerprint density at radius 1 is 1.33 bits per heavy atom. The SMILES string of the molecule is CCOC(=O)c1sc(C(C)NC(=NC)NCCN2CCCCCC2)nc1C. The molecule has 27 heavy (non-hydrogen) atoms. The number of carbonyl (C=O) groups is 1. The van der Waals surface area contributed by atoms with Gasteiger partial charge in [0.2, 0.25) is 0 Å². The van der Waals surface area contributed by atoms with E-state index in [1.165, 1.54) is 50.1 Å². The molecule has 2 N–H and O–H groups in total. The van der Waals surface area contributed by atoms with Crippen LogP contribution >= 0.6 is 11.3 Å². The van der Waals surface area contributed by atoms with Gasteiger partial charge in [-0.05, 0) is 46.7 Å². The third kappa shape index (κ3) is 6.77. The summed E-state index contributed by atoms with van der Waals surface area (Å²) in [6.45, 7) is 10.3. The standard InChI is InChI=1S/C19H33N5O2S/c1-5-26-18(25)16-14(2)22-17(27-16)15(3)23-19(20-4)21-10-13-24-11-8-6-7-9-12-24/h15H,5-13H2,1-4H3,(H2,20,21,23). The van der Waals surface area contributed by atoms with Crippen LogP contribution in [-0.2, 0) is 4.74 Å². The van der Waals surface area contributed by atoms with Crippen LogP contribution in [-0.4, -0.2) is 61.6 Å². The maximum Gasteiger partial charge on any atom is 0.350 e. The Bertz CT molecular complexity index is 624. The first kappa shape index (κ1) is 21.6. The topological polar surface area (TPSA) is 78.8 Å². The van der Waals surface area contributed by atoms with Crippen molar-refractivity contribution in [3.05, 3.63) is 15.6 Å². The van der Waals surface area contributed by atoms with Gasteiger partial charge in [0.1, 0.15) is 9.88 Å². The third-order valence-corrected chi connectivity index (χ3v) is 5.96. The number of hydrogen-bond acceptors (Lipinski definition) is 6. The summed E-state index contributed by atoms with van der Waals surface area (Å²) in [7, 11) is 1.77. The number of esters is 1. The van der Waals surface area contributed by atoms with E-state index < -0.39 is 0 Å². The molecule has 1 atom stereocenters. The molecule has 8 heteroatoms. The van der Waals surface area contributed by atoms with E-state index in [2.05, 4.69) is 25.5 Å². The molecular weight excluding hydrogens is 362 g/mol. The molecule has 1 saturated heterocycles. The van der Waals surface area contributed by atoms with Gasteiger partial charge in [0.15, 0.2) is 5.96 Å². The maximum atomic E-state index is 12.0. The molecule has 7 nitrogen and oxygen atoms in total. The van der Waals surface area contributed by atoms with E-state index in [9.17, 15) is 4.79 Å². The number of nitrogens with zero attached hydrogens (tertiary/aromatic N) is 3. The van der Waals surface area contributed by atoms with Gasteiger partial charge in [-0.25, -0.2) is 9.78 Å². The second kappa shape index (κ2) is 11.2. The monoisotopic (exact) mass is 395 g/mol. The minimum atomic E-state index is -0.300. The highest BCUT2D eigenvalue weighted by molar-refractivity contribution is 7.13. The van der Waals surface area contributed by atoms with E-state index in [0.717, 1.165) is 24.1 Å². The number of aromatic nitrogens is 1. The molecule has 2 rings (SSSR count). The highest BCUT2D eigenvalue weighted by Gasteiger charge is 2.20. The fraction of sp³-hybridized carbons (Fsp3) is 0.737. The Morgan fingerprint density at radius 2 is 2.04 bits per heavy atom. The summed E-state index contributed by atoms with van der Waals surface area (Å²) >= 11 is 1.38. The lowest BCUT2D eigenvalue weighted by Gasteiger charge is -2.21. The van der Waals surface area contributed by atoms with Gasteiger partial charge < -0.3 is 20.3 Å². The van der Waals surface area contributed by atoms with Crippen LogP contribution in [0.5, 0.6) is 0 Å². The van der Waals surface area contributed by atoms with Crippen LogP contribution in [0, 0.1) is 6.92 Å². The minimum absolute atomic E-state index is 0.0405. The van der Waals surface area contributed by atoms with Crippen molar-refractivity contribution < 1.29 is 9.53 Å². The fourth-order valence-electron chi connectivity index (χ4n) is 3.14. The van der Waals surface area contributed by atoms with E-state index in [-0.39, 0.29) is 12.0 Å². The van der Waals surface area contributed by atoms with Crippen LogP contribution in [0.3, 0.4) is 0 Å². The summed E-state index contributed by atoms with van der Waals surface area (Å²) < 4.78 is 5.09. The first-order valence-electron chi connectivity index (χ1n) is 9.89. The molecule has 1 aromatic heterocycles. The molecule has 0 radical (unpaired) electrons. The van der Waals surface area contributed by atoms with E-state index in [4.69, 9.17) is 4.74 Å². The first-order chi connectivity index (χ1) is 13.0. The summed E-state index contributed by atoms with van der Waals surface area (Å²) in [5.74, 6) is 0.453. The van der Waals surface area contributed by atoms with Gasteiger partial charge in [-0.2, -0.15) is 0 Å². The molecule has 0 spiro atoms. The van der Waals surface area contributed by atoms with Gasteiger partial charge in [-0.15, -0.1) is 11.3 Å². The van der Waals surface area contributed by atoms with Crippen LogP contribution in [0.4, 0.5) is 0 Å². The van der Waals surface area contributed by atoms with Crippen LogP contribution in [0.15, 0.2) is 4.99 Å². The molecule has 2 heterocycles. The first-order valence-corrected chi connectivity index (χ1v) is 10.7.